The van der Waals surface area contributed by atoms with Crippen molar-refractivity contribution in [2.24, 2.45) is 0 Å². The summed E-state index contributed by atoms with van der Waals surface area (Å²) in [6.07, 6.45) is -0.803. The Kier molecular flexibility index (Phi) is 5.60. The summed E-state index contributed by atoms with van der Waals surface area (Å²) >= 11 is 0. The number of aliphatic hydroxyl groups is 1. The number of aromatic nitrogens is 2. The van der Waals surface area contributed by atoms with E-state index in [1.807, 2.05) is 18.2 Å². The van der Waals surface area contributed by atoms with Crippen molar-refractivity contribution in [3.8, 4) is 5.75 Å². The van der Waals surface area contributed by atoms with Gasteiger partial charge in [-0.25, -0.2) is 4.39 Å². The van der Waals surface area contributed by atoms with E-state index in [0.717, 1.165) is 0 Å². The topological polar surface area (TPSA) is 87.2 Å². The lowest BCUT2D eigenvalue weighted by atomic mass is 10.1. The van der Waals surface area contributed by atoms with Crippen LogP contribution < -0.4 is 10.1 Å². The van der Waals surface area contributed by atoms with Gasteiger partial charge in [-0.2, -0.15) is 5.10 Å². The molecule has 7 heteroatoms. The molecule has 0 bridgehead atoms. The van der Waals surface area contributed by atoms with Crippen LogP contribution in [-0.2, 0) is 6.61 Å². The quantitative estimate of drug-likeness (QED) is 0.608. The molecule has 1 aromatic heterocycles. The predicted molar refractivity (Wildman–Crippen MR) is 93.1 cm³/mol. The number of carbonyl (C=O) groups excluding carboxylic acids is 1. The molecular formula is C19H18FN3O3. The molecule has 0 unspecified atom stereocenters. The van der Waals surface area contributed by atoms with Gasteiger partial charge in [-0.05, 0) is 23.8 Å². The van der Waals surface area contributed by atoms with E-state index in [2.05, 4.69) is 15.5 Å². The van der Waals surface area contributed by atoms with Crippen LogP contribution in [0, 0.1) is 5.82 Å². The monoisotopic (exact) mass is 355 g/mol. The first-order chi connectivity index (χ1) is 12.6. The van der Waals surface area contributed by atoms with Crippen LogP contribution in [0.15, 0.2) is 60.7 Å². The van der Waals surface area contributed by atoms with Gasteiger partial charge in [-0.1, -0.05) is 42.5 Å². The van der Waals surface area contributed by atoms with Crippen molar-refractivity contribution in [3.63, 3.8) is 0 Å². The fourth-order valence-electron chi connectivity index (χ4n) is 2.34. The van der Waals surface area contributed by atoms with Gasteiger partial charge in [0.1, 0.15) is 12.3 Å². The highest BCUT2D eigenvalue weighted by molar-refractivity contribution is 5.92. The van der Waals surface area contributed by atoms with Crippen molar-refractivity contribution in [2.45, 2.75) is 12.7 Å². The number of H-pyrrole nitrogens is 1. The molecule has 2 aromatic carbocycles. The van der Waals surface area contributed by atoms with Crippen molar-refractivity contribution in [3.05, 3.63) is 83.4 Å². The second-order valence-electron chi connectivity index (χ2n) is 5.63. The molecule has 26 heavy (non-hydrogen) atoms. The minimum atomic E-state index is -0.803. The molecule has 0 aliphatic heterocycles. The standard InChI is InChI=1S/C19H18FN3O3/c20-15-8-4-5-9-18(15)26-12-14-10-16(23-22-14)19(25)21-11-17(24)13-6-2-1-3-7-13/h1-10,17,24H,11-12H2,(H,21,25)(H,22,23)/t17-/m0/s1. The van der Waals surface area contributed by atoms with Crippen LogP contribution in [0.2, 0.25) is 0 Å². The Morgan fingerprint density at radius 1 is 1.19 bits per heavy atom. The predicted octanol–water partition coefficient (Wildman–Crippen LogP) is 2.59. The normalized spacial score (nSPS) is 11.8. The Balaban J connectivity index is 1.52. The van der Waals surface area contributed by atoms with E-state index in [-0.39, 0.29) is 24.6 Å². The van der Waals surface area contributed by atoms with E-state index in [0.29, 0.717) is 11.3 Å². The molecule has 6 nitrogen and oxygen atoms in total. The van der Waals surface area contributed by atoms with Crippen LogP contribution in [0.25, 0.3) is 0 Å². The van der Waals surface area contributed by atoms with Gasteiger partial charge in [0.15, 0.2) is 11.6 Å². The first kappa shape index (κ1) is 17.6. The molecule has 3 rings (SSSR count). The largest absolute Gasteiger partial charge is 0.484 e. The number of ether oxygens (including phenoxy) is 1. The third-order valence-electron chi connectivity index (χ3n) is 3.72. The Morgan fingerprint density at radius 2 is 1.92 bits per heavy atom. The fraction of sp³-hybridized carbons (Fsp3) is 0.158. The fourth-order valence-corrected chi connectivity index (χ4v) is 2.34. The first-order valence-corrected chi connectivity index (χ1v) is 8.06. The zero-order valence-corrected chi connectivity index (χ0v) is 13.9. The molecule has 0 radical (unpaired) electrons. The summed E-state index contributed by atoms with van der Waals surface area (Å²) in [5.74, 6) is -0.757. The zero-order chi connectivity index (χ0) is 18.4. The highest BCUT2D eigenvalue weighted by atomic mass is 19.1. The Hall–Kier alpha value is -3.19. The van der Waals surface area contributed by atoms with Gasteiger partial charge in [-0.3, -0.25) is 9.89 Å². The number of aliphatic hydroxyl groups excluding tert-OH is 1. The smallest absolute Gasteiger partial charge is 0.271 e. The Bertz CT molecular complexity index is 867. The summed E-state index contributed by atoms with van der Waals surface area (Å²) in [5.41, 5.74) is 1.41. The third kappa shape index (κ3) is 4.46. The molecule has 3 N–H and O–H groups in total. The summed E-state index contributed by atoms with van der Waals surface area (Å²) < 4.78 is 18.9. The molecule has 0 saturated carbocycles. The van der Waals surface area contributed by atoms with E-state index in [9.17, 15) is 14.3 Å². The summed E-state index contributed by atoms with van der Waals surface area (Å²) in [7, 11) is 0. The van der Waals surface area contributed by atoms with E-state index < -0.39 is 17.8 Å². The lowest BCUT2D eigenvalue weighted by molar-refractivity contribution is 0.0911. The third-order valence-corrected chi connectivity index (χ3v) is 3.72. The second-order valence-corrected chi connectivity index (χ2v) is 5.63. The number of para-hydroxylation sites is 1. The maximum Gasteiger partial charge on any atom is 0.271 e. The molecule has 1 atom stereocenters. The average Bonchev–Trinajstić information content (AvgIpc) is 3.15. The van der Waals surface area contributed by atoms with Crippen LogP contribution in [0.3, 0.4) is 0 Å². The van der Waals surface area contributed by atoms with Crippen LogP contribution in [0.1, 0.15) is 27.8 Å². The molecule has 0 aliphatic rings. The van der Waals surface area contributed by atoms with Crippen molar-refractivity contribution < 1.29 is 19.0 Å². The summed E-state index contributed by atoms with van der Waals surface area (Å²) in [5, 5.41) is 19.3. The van der Waals surface area contributed by atoms with Gasteiger partial charge in [0.2, 0.25) is 0 Å². The van der Waals surface area contributed by atoms with Gasteiger partial charge in [0.05, 0.1) is 11.8 Å². The average molecular weight is 355 g/mol. The van der Waals surface area contributed by atoms with Crippen LogP contribution >= 0.6 is 0 Å². The van der Waals surface area contributed by atoms with Crippen LogP contribution in [0.4, 0.5) is 4.39 Å². The number of aromatic amines is 1. The SMILES string of the molecule is O=C(NC[C@H](O)c1ccccc1)c1cc(COc2ccccc2F)[nH]n1. The Morgan fingerprint density at radius 3 is 2.69 bits per heavy atom. The highest BCUT2D eigenvalue weighted by Crippen LogP contribution is 2.17. The first-order valence-electron chi connectivity index (χ1n) is 8.06. The van der Waals surface area contributed by atoms with Crippen LogP contribution in [-0.4, -0.2) is 27.8 Å². The molecule has 3 aromatic rings. The van der Waals surface area contributed by atoms with E-state index in [4.69, 9.17) is 4.74 Å². The van der Waals surface area contributed by atoms with E-state index >= 15 is 0 Å². The number of hydrogen-bond donors (Lipinski definition) is 3. The number of nitrogens with zero attached hydrogens (tertiary/aromatic N) is 1. The van der Waals surface area contributed by atoms with Gasteiger partial charge in [-0.15, -0.1) is 0 Å². The molecular weight excluding hydrogens is 337 g/mol. The van der Waals surface area contributed by atoms with Gasteiger partial charge < -0.3 is 15.2 Å². The molecule has 134 valence electrons. The highest BCUT2D eigenvalue weighted by Gasteiger charge is 2.14. The molecule has 0 saturated heterocycles. The maximum absolute atomic E-state index is 13.5. The van der Waals surface area contributed by atoms with Crippen molar-refractivity contribution in [2.75, 3.05) is 6.54 Å². The number of halogens is 1. The number of benzene rings is 2. The number of carbonyl (C=O) groups is 1. The van der Waals surface area contributed by atoms with Crippen molar-refractivity contribution >= 4 is 5.91 Å². The lowest BCUT2D eigenvalue weighted by Gasteiger charge is -2.11. The number of nitrogens with one attached hydrogen (secondary N) is 2. The van der Waals surface area contributed by atoms with Gasteiger partial charge in [0.25, 0.3) is 5.91 Å². The van der Waals surface area contributed by atoms with E-state index in [1.54, 1.807) is 24.3 Å². The number of hydrogen-bond acceptors (Lipinski definition) is 4. The molecule has 0 fully saturated rings. The second kappa shape index (κ2) is 8.26. The molecule has 1 heterocycles. The lowest BCUT2D eigenvalue weighted by Crippen LogP contribution is -2.28. The molecule has 0 spiro atoms. The molecule has 0 aliphatic carbocycles. The van der Waals surface area contributed by atoms with Gasteiger partial charge >= 0.3 is 0 Å². The minimum absolute atomic E-state index is 0.0495. The Labute approximate surface area is 149 Å². The van der Waals surface area contributed by atoms with Crippen molar-refractivity contribution in [1.29, 1.82) is 0 Å². The van der Waals surface area contributed by atoms with Crippen LogP contribution in [0.5, 0.6) is 5.75 Å². The van der Waals surface area contributed by atoms with E-state index in [1.165, 1.54) is 18.2 Å². The summed E-state index contributed by atoms with van der Waals surface area (Å²) in [6, 6.07) is 16.6. The zero-order valence-electron chi connectivity index (χ0n) is 13.9. The number of amides is 1. The number of rotatable bonds is 7. The minimum Gasteiger partial charge on any atom is -0.484 e. The van der Waals surface area contributed by atoms with Gasteiger partial charge in [0, 0.05) is 6.54 Å². The van der Waals surface area contributed by atoms with Crippen molar-refractivity contribution in [1.82, 2.24) is 15.5 Å². The maximum atomic E-state index is 13.5. The summed E-state index contributed by atoms with van der Waals surface area (Å²) in [4.78, 5) is 12.1. The summed E-state index contributed by atoms with van der Waals surface area (Å²) in [6.45, 7) is 0.116. The molecule has 1 amide bonds.